The first-order valence-electron chi connectivity index (χ1n) is 7.86. The summed E-state index contributed by atoms with van der Waals surface area (Å²) >= 11 is 0. The van der Waals surface area contributed by atoms with Crippen LogP contribution in [0.4, 0.5) is 0 Å². The third kappa shape index (κ3) is 3.41. The third-order valence-corrected chi connectivity index (χ3v) is 4.70. The van der Waals surface area contributed by atoms with Crippen molar-refractivity contribution in [3.8, 4) is 0 Å². The van der Waals surface area contributed by atoms with Gasteiger partial charge >= 0.3 is 5.97 Å². The Morgan fingerprint density at radius 1 is 1.10 bits per heavy atom. The first kappa shape index (κ1) is 15.1. The fraction of sp³-hybridized carbons (Fsp3) is 0.611. The standard InChI is InChI=1S/C18H26O2/c1-14(2)16-9-7-15(8-10-16)13-18(17(19)20)11-5-3-4-6-12-18/h7-10,14H,3-6,11-13H2,1-2H3,(H,19,20). The maximum absolute atomic E-state index is 11.8. The van der Waals surface area contributed by atoms with Gasteiger partial charge in [0.15, 0.2) is 0 Å². The monoisotopic (exact) mass is 274 g/mol. The van der Waals surface area contributed by atoms with Crippen LogP contribution >= 0.6 is 0 Å². The Kier molecular flexibility index (Phi) is 4.85. The van der Waals surface area contributed by atoms with E-state index in [1.165, 1.54) is 24.0 Å². The van der Waals surface area contributed by atoms with Gasteiger partial charge in [-0.2, -0.15) is 0 Å². The van der Waals surface area contributed by atoms with Gasteiger partial charge in [-0.25, -0.2) is 0 Å². The van der Waals surface area contributed by atoms with Gasteiger partial charge in [0.2, 0.25) is 0 Å². The smallest absolute Gasteiger partial charge is 0.309 e. The molecule has 2 rings (SSSR count). The van der Waals surface area contributed by atoms with Crippen LogP contribution in [0, 0.1) is 5.41 Å². The Labute approximate surface area is 122 Å². The zero-order valence-corrected chi connectivity index (χ0v) is 12.7. The van der Waals surface area contributed by atoms with Crippen molar-refractivity contribution in [3.63, 3.8) is 0 Å². The summed E-state index contributed by atoms with van der Waals surface area (Å²) in [6, 6.07) is 8.52. The van der Waals surface area contributed by atoms with Crippen LogP contribution in [0.25, 0.3) is 0 Å². The Bertz CT molecular complexity index is 437. The molecule has 1 aromatic carbocycles. The highest BCUT2D eigenvalue weighted by Crippen LogP contribution is 2.38. The Morgan fingerprint density at radius 2 is 1.65 bits per heavy atom. The van der Waals surface area contributed by atoms with Gasteiger partial charge in [0, 0.05) is 0 Å². The number of rotatable bonds is 4. The van der Waals surface area contributed by atoms with E-state index in [9.17, 15) is 9.90 Å². The van der Waals surface area contributed by atoms with Gasteiger partial charge in [0.25, 0.3) is 0 Å². The predicted molar refractivity (Wildman–Crippen MR) is 82.0 cm³/mol. The summed E-state index contributed by atoms with van der Waals surface area (Å²) in [5, 5.41) is 9.72. The maximum Gasteiger partial charge on any atom is 0.309 e. The van der Waals surface area contributed by atoms with Crippen molar-refractivity contribution < 1.29 is 9.90 Å². The molecule has 0 saturated heterocycles. The van der Waals surface area contributed by atoms with Gasteiger partial charge in [-0.3, -0.25) is 4.79 Å². The Morgan fingerprint density at radius 3 is 2.10 bits per heavy atom. The van der Waals surface area contributed by atoms with Crippen molar-refractivity contribution in [2.45, 2.75) is 64.7 Å². The number of carboxylic acids is 1. The van der Waals surface area contributed by atoms with E-state index in [-0.39, 0.29) is 0 Å². The minimum Gasteiger partial charge on any atom is -0.481 e. The van der Waals surface area contributed by atoms with Crippen LogP contribution in [0.2, 0.25) is 0 Å². The molecule has 2 nitrogen and oxygen atoms in total. The van der Waals surface area contributed by atoms with Crippen molar-refractivity contribution in [1.82, 2.24) is 0 Å². The van der Waals surface area contributed by atoms with Gasteiger partial charge in [-0.05, 0) is 36.3 Å². The molecule has 0 aromatic heterocycles. The van der Waals surface area contributed by atoms with Gasteiger partial charge in [0.05, 0.1) is 5.41 Å². The first-order chi connectivity index (χ1) is 9.53. The second kappa shape index (κ2) is 6.43. The molecule has 1 saturated carbocycles. The molecule has 0 aliphatic heterocycles. The van der Waals surface area contributed by atoms with E-state index in [0.29, 0.717) is 12.3 Å². The zero-order valence-electron chi connectivity index (χ0n) is 12.7. The highest BCUT2D eigenvalue weighted by atomic mass is 16.4. The third-order valence-electron chi connectivity index (χ3n) is 4.70. The van der Waals surface area contributed by atoms with Crippen LogP contribution < -0.4 is 0 Å². The summed E-state index contributed by atoms with van der Waals surface area (Å²) in [5.41, 5.74) is 1.95. The number of hydrogen-bond donors (Lipinski definition) is 1. The first-order valence-corrected chi connectivity index (χ1v) is 7.86. The van der Waals surface area contributed by atoms with Crippen LogP contribution in [0.3, 0.4) is 0 Å². The molecule has 0 bridgehead atoms. The highest BCUT2D eigenvalue weighted by molar-refractivity contribution is 5.75. The Hall–Kier alpha value is -1.31. The van der Waals surface area contributed by atoms with E-state index >= 15 is 0 Å². The van der Waals surface area contributed by atoms with Gasteiger partial charge in [-0.1, -0.05) is 63.8 Å². The average molecular weight is 274 g/mol. The lowest BCUT2D eigenvalue weighted by Crippen LogP contribution is -2.32. The number of aliphatic carboxylic acids is 1. The largest absolute Gasteiger partial charge is 0.481 e. The molecule has 1 aliphatic rings. The second-order valence-electron chi connectivity index (χ2n) is 6.57. The molecule has 0 spiro atoms. The minimum absolute atomic E-state index is 0.523. The summed E-state index contributed by atoms with van der Waals surface area (Å²) in [4.78, 5) is 11.8. The van der Waals surface area contributed by atoms with Crippen LogP contribution in [0.1, 0.15) is 69.4 Å². The molecule has 1 aromatic rings. The number of hydrogen-bond acceptors (Lipinski definition) is 1. The van der Waals surface area contributed by atoms with Gasteiger partial charge in [0.1, 0.15) is 0 Å². The van der Waals surface area contributed by atoms with Crippen LogP contribution in [-0.2, 0) is 11.2 Å². The summed E-state index contributed by atoms with van der Waals surface area (Å²) in [6.45, 7) is 4.36. The molecular formula is C18H26O2. The second-order valence-corrected chi connectivity index (χ2v) is 6.57. The van der Waals surface area contributed by atoms with E-state index in [1.54, 1.807) is 0 Å². The van der Waals surface area contributed by atoms with Gasteiger partial charge < -0.3 is 5.11 Å². The molecular weight excluding hydrogens is 248 g/mol. The molecule has 110 valence electrons. The van der Waals surface area contributed by atoms with Crippen molar-refractivity contribution in [1.29, 1.82) is 0 Å². The van der Waals surface area contributed by atoms with E-state index in [1.807, 2.05) is 0 Å². The lowest BCUT2D eigenvalue weighted by molar-refractivity contribution is -0.149. The molecule has 0 heterocycles. The summed E-state index contributed by atoms with van der Waals surface area (Å²) in [6.07, 6.45) is 6.80. The maximum atomic E-state index is 11.8. The normalized spacial score (nSPS) is 18.8. The predicted octanol–water partition coefficient (Wildman–Crippen LogP) is 4.78. The molecule has 20 heavy (non-hydrogen) atoms. The lowest BCUT2D eigenvalue weighted by Gasteiger charge is -2.28. The van der Waals surface area contributed by atoms with E-state index in [4.69, 9.17) is 0 Å². The summed E-state index contributed by atoms with van der Waals surface area (Å²) in [5.74, 6) is -0.0808. The molecule has 0 atom stereocenters. The number of carboxylic acid groups (broad SMARTS) is 1. The van der Waals surface area contributed by atoms with Crippen LogP contribution in [0.5, 0.6) is 0 Å². The van der Waals surface area contributed by atoms with Crippen molar-refractivity contribution in [2.24, 2.45) is 5.41 Å². The van der Waals surface area contributed by atoms with E-state index in [0.717, 1.165) is 25.7 Å². The molecule has 0 amide bonds. The number of benzene rings is 1. The van der Waals surface area contributed by atoms with E-state index < -0.39 is 11.4 Å². The van der Waals surface area contributed by atoms with Crippen LogP contribution in [0.15, 0.2) is 24.3 Å². The van der Waals surface area contributed by atoms with Crippen LogP contribution in [-0.4, -0.2) is 11.1 Å². The summed E-state index contributed by atoms with van der Waals surface area (Å²) < 4.78 is 0. The van der Waals surface area contributed by atoms with Crippen molar-refractivity contribution >= 4 is 5.97 Å². The molecule has 0 radical (unpaired) electrons. The average Bonchev–Trinajstić information content (AvgIpc) is 2.66. The molecule has 1 N–H and O–H groups in total. The summed E-state index contributed by atoms with van der Waals surface area (Å²) in [7, 11) is 0. The minimum atomic E-state index is -0.604. The van der Waals surface area contributed by atoms with Gasteiger partial charge in [-0.15, -0.1) is 0 Å². The molecule has 1 aliphatic carbocycles. The Balaban J connectivity index is 2.17. The SMILES string of the molecule is CC(C)c1ccc(CC2(C(=O)O)CCCCCC2)cc1. The zero-order chi connectivity index (χ0) is 14.6. The molecule has 0 unspecified atom stereocenters. The fourth-order valence-electron chi connectivity index (χ4n) is 3.28. The highest BCUT2D eigenvalue weighted by Gasteiger charge is 2.38. The quantitative estimate of drug-likeness (QED) is 0.802. The van der Waals surface area contributed by atoms with E-state index in [2.05, 4.69) is 38.1 Å². The fourth-order valence-corrected chi connectivity index (χ4v) is 3.28. The topological polar surface area (TPSA) is 37.3 Å². The van der Waals surface area contributed by atoms with Crippen molar-refractivity contribution in [3.05, 3.63) is 35.4 Å². The lowest BCUT2D eigenvalue weighted by atomic mass is 9.75. The molecule has 1 fully saturated rings. The molecule has 2 heteroatoms. The van der Waals surface area contributed by atoms with Crippen molar-refractivity contribution in [2.75, 3.05) is 0 Å². The number of carbonyl (C=O) groups is 1.